The number of halogens is 1. The molecule has 3 nitrogen and oxygen atoms in total. The van der Waals surface area contributed by atoms with E-state index in [-0.39, 0.29) is 30.5 Å². The minimum absolute atomic E-state index is 0.0220. The molecule has 0 aliphatic heterocycles. The van der Waals surface area contributed by atoms with E-state index in [1.54, 1.807) is 12.1 Å². The van der Waals surface area contributed by atoms with Gasteiger partial charge in [-0.15, -0.1) is 0 Å². The summed E-state index contributed by atoms with van der Waals surface area (Å²) in [6.07, 6.45) is 0.0883. The van der Waals surface area contributed by atoms with Gasteiger partial charge in [-0.1, -0.05) is 12.1 Å². The molecule has 0 aliphatic rings. The summed E-state index contributed by atoms with van der Waals surface area (Å²) in [6.45, 7) is 1.41. The molecule has 0 atom stereocenters. The monoisotopic (exact) mass is 209 g/mol. The van der Waals surface area contributed by atoms with Crippen LogP contribution in [0.15, 0.2) is 24.3 Å². The second kappa shape index (κ2) is 5.24. The maximum absolute atomic E-state index is 12.7. The molecule has 0 saturated heterocycles. The van der Waals surface area contributed by atoms with Gasteiger partial charge in [0.2, 0.25) is 5.91 Å². The Balaban J connectivity index is 2.48. The van der Waals surface area contributed by atoms with Crippen LogP contribution < -0.4 is 5.32 Å². The first-order chi connectivity index (χ1) is 7.08. The number of hydrogen-bond donors (Lipinski definition) is 1. The van der Waals surface area contributed by atoms with E-state index >= 15 is 0 Å². The predicted molar refractivity (Wildman–Crippen MR) is 53.8 cm³/mol. The highest BCUT2D eigenvalue weighted by Gasteiger charge is 2.04. The predicted octanol–water partition coefficient (Wildman–Crippen LogP) is 1.07. The van der Waals surface area contributed by atoms with Gasteiger partial charge in [0.25, 0.3) is 0 Å². The summed E-state index contributed by atoms with van der Waals surface area (Å²) in [5.74, 6) is -0.759. The van der Waals surface area contributed by atoms with E-state index in [0.717, 1.165) is 0 Å². The second-order valence-corrected chi connectivity index (χ2v) is 3.29. The van der Waals surface area contributed by atoms with Crippen LogP contribution in [0.1, 0.15) is 12.5 Å². The van der Waals surface area contributed by atoms with Gasteiger partial charge in [0, 0.05) is 0 Å². The van der Waals surface area contributed by atoms with Gasteiger partial charge in [-0.05, 0) is 24.6 Å². The van der Waals surface area contributed by atoms with Crippen LogP contribution in [-0.2, 0) is 16.0 Å². The Labute approximate surface area is 87.3 Å². The molecular weight excluding hydrogens is 197 g/mol. The van der Waals surface area contributed by atoms with Gasteiger partial charge in [-0.3, -0.25) is 9.59 Å². The lowest BCUT2D eigenvalue weighted by Gasteiger charge is -2.02. The molecule has 15 heavy (non-hydrogen) atoms. The third kappa shape index (κ3) is 4.35. The zero-order valence-corrected chi connectivity index (χ0v) is 8.42. The van der Waals surface area contributed by atoms with Gasteiger partial charge < -0.3 is 5.32 Å². The normalized spacial score (nSPS) is 9.73. The van der Waals surface area contributed by atoms with Crippen LogP contribution in [0.2, 0.25) is 0 Å². The van der Waals surface area contributed by atoms with E-state index in [1.807, 2.05) is 0 Å². The third-order valence-corrected chi connectivity index (χ3v) is 1.79. The molecule has 0 aromatic heterocycles. The van der Waals surface area contributed by atoms with Crippen molar-refractivity contribution in [1.29, 1.82) is 0 Å². The molecule has 0 unspecified atom stereocenters. The molecule has 0 radical (unpaired) electrons. The molecule has 80 valence electrons. The summed E-state index contributed by atoms with van der Waals surface area (Å²) >= 11 is 0. The first kappa shape index (κ1) is 11.4. The van der Waals surface area contributed by atoms with Crippen molar-refractivity contribution >= 4 is 11.7 Å². The highest BCUT2D eigenvalue weighted by molar-refractivity contribution is 5.85. The smallest absolute Gasteiger partial charge is 0.224 e. The molecule has 1 N–H and O–H groups in total. The number of hydrogen-bond acceptors (Lipinski definition) is 2. The number of benzene rings is 1. The molecule has 0 saturated carbocycles. The van der Waals surface area contributed by atoms with Crippen LogP contribution in [0.25, 0.3) is 0 Å². The van der Waals surface area contributed by atoms with Crippen molar-refractivity contribution in [3.8, 4) is 0 Å². The lowest BCUT2D eigenvalue weighted by Crippen LogP contribution is -2.29. The van der Waals surface area contributed by atoms with Gasteiger partial charge in [-0.2, -0.15) is 0 Å². The van der Waals surface area contributed by atoms with Crippen molar-refractivity contribution in [2.75, 3.05) is 6.54 Å². The molecule has 0 heterocycles. The first-order valence-corrected chi connectivity index (χ1v) is 4.58. The Morgan fingerprint density at radius 3 is 2.73 bits per heavy atom. The molecule has 1 aromatic carbocycles. The third-order valence-electron chi connectivity index (χ3n) is 1.79. The standard InChI is InChI=1S/C11H12FNO2/c1-8(14)7-13-11(15)6-9-3-2-4-10(12)5-9/h2-5H,6-7H2,1H3,(H,13,15). The maximum atomic E-state index is 12.7. The number of amides is 1. The number of nitrogens with one attached hydrogen (secondary N) is 1. The Morgan fingerprint density at radius 1 is 1.40 bits per heavy atom. The number of ketones is 1. The van der Waals surface area contributed by atoms with Crippen LogP contribution in [0, 0.1) is 5.82 Å². The zero-order valence-electron chi connectivity index (χ0n) is 8.42. The number of Topliss-reactive ketones (excluding diaryl/α,β-unsaturated/α-hetero) is 1. The second-order valence-electron chi connectivity index (χ2n) is 3.29. The van der Waals surface area contributed by atoms with E-state index in [4.69, 9.17) is 0 Å². The maximum Gasteiger partial charge on any atom is 0.224 e. The highest BCUT2D eigenvalue weighted by Crippen LogP contribution is 2.03. The van der Waals surface area contributed by atoms with E-state index in [9.17, 15) is 14.0 Å². The number of carbonyl (C=O) groups excluding carboxylic acids is 2. The average molecular weight is 209 g/mol. The molecule has 1 amide bonds. The molecule has 0 bridgehead atoms. The molecule has 4 heteroatoms. The van der Waals surface area contributed by atoms with Gasteiger partial charge in [0.1, 0.15) is 11.6 Å². The van der Waals surface area contributed by atoms with Crippen molar-refractivity contribution in [2.45, 2.75) is 13.3 Å². The van der Waals surface area contributed by atoms with Crippen molar-refractivity contribution in [3.05, 3.63) is 35.6 Å². The fraction of sp³-hybridized carbons (Fsp3) is 0.273. The van der Waals surface area contributed by atoms with Crippen molar-refractivity contribution < 1.29 is 14.0 Å². The average Bonchev–Trinajstić information content (AvgIpc) is 2.15. The summed E-state index contributed by atoms with van der Waals surface area (Å²) in [4.78, 5) is 21.8. The van der Waals surface area contributed by atoms with Crippen LogP contribution in [0.4, 0.5) is 4.39 Å². The summed E-state index contributed by atoms with van der Waals surface area (Å²) in [7, 11) is 0. The summed E-state index contributed by atoms with van der Waals surface area (Å²) in [5.41, 5.74) is 0.594. The Morgan fingerprint density at radius 2 is 2.13 bits per heavy atom. The van der Waals surface area contributed by atoms with Crippen LogP contribution in [0.3, 0.4) is 0 Å². The summed E-state index contributed by atoms with van der Waals surface area (Å²) in [5, 5.41) is 2.44. The van der Waals surface area contributed by atoms with Crippen molar-refractivity contribution in [3.63, 3.8) is 0 Å². The van der Waals surface area contributed by atoms with E-state index in [1.165, 1.54) is 19.1 Å². The lowest BCUT2D eigenvalue weighted by molar-refractivity contribution is -0.124. The van der Waals surface area contributed by atoms with E-state index < -0.39 is 0 Å². The van der Waals surface area contributed by atoms with Gasteiger partial charge in [-0.25, -0.2) is 4.39 Å². The SMILES string of the molecule is CC(=O)CNC(=O)Cc1cccc(F)c1. The summed E-state index contributed by atoms with van der Waals surface area (Å²) < 4.78 is 12.7. The highest BCUT2D eigenvalue weighted by atomic mass is 19.1. The Hall–Kier alpha value is -1.71. The number of rotatable bonds is 4. The Kier molecular flexibility index (Phi) is 3.97. The van der Waals surface area contributed by atoms with E-state index in [2.05, 4.69) is 5.32 Å². The fourth-order valence-electron chi connectivity index (χ4n) is 1.12. The van der Waals surface area contributed by atoms with Crippen molar-refractivity contribution in [2.24, 2.45) is 0 Å². The molecule has 1 aromatic rings. The van der Waals surface area contributed by atoms with Crippen LogP contribution in [0.5, 0.6) is 0 Å². The molecule has 0 spiro atoms. The topological polar surface area (TPSA) is 46.2 Å². The molecule has 0 aliphatic carbocycles. The minimum Gasteiger partial charge on any atom is -0.349 e. The quantitative estimate of drug-likeness (QED) is 0.806. The summed E-state index contributed by atoms with van der Waals surface area (Å²) in [6, 6.07) is 5.82. The largest absolute Gasteiger partial charge is 0.349 e. The zero-order chi connectivity index (χ0) is 11.3. The van der Waals surface area contributed by atoms with Gasteiger partial charge in [0.15, 0.2) is 0 Å². The fourth-order valence-corrected chi connectivity index (χ4v) is 1.12. The van der Waals surface area contributed by atoms with E-state index in [0.29, 0.717) is 5.56 Å². The molecule has 1 rings (SSSR count). The van der Waals surface area contributed by atoms with Crippen LogP contribution in [-0.4, -0.2) is 18.2 Å². The van der Waals surface area contributed by atoms with Crippen LogP contribution >= 0.6 is 0 Å². The van der Waals surface area contributed by atoms with Gasteiger partial charge in [0.05, 0.1) is 13.0 Å². The van der Waals surface area contributed by atoms with Crippen molar-refractivity contribution in [1.82, 2.24) is 5.32 Å². The minimum atomic E-state index is -0.369. The molecule has 0 fully saturated rings. The lowest BCUT2D eigenvalue weighted by atomic mass is 10.1. The van der Waals surface area contributed by atoms with Gasteiger partial charge >= 0.3 is 0 Å². The number of carbonyl (C=O) groups is 2. The first-order valence-electron chi connectivity index (χ1n) is 4.58. The molecular formula is C11H12FNO2. The Bertz CT molecular complexity index is 377.